The van der Waals surface area contributed by atoms with Crippen LogP contribution >= 0.6 is 0 Å². The smallest absolute Gasteiger partial charge is 0.308 e. The number of hydrogen-bond donors (Lipinski definition) is 1. The molecule has 1 saturated heterocycles. The van der Waals surface area contributed by atoms with E-state index in [0.29, 0.717) is 13.3 Å². The minimum atomic E-state index is -0.0293. The molecule has 0 amide bonds. The lowest BCUT2D eigenvalue weighted by molar-refractivity contribution is -0.151. The number of ether oxygens (including phenoxy) is 2. The van der Waals surface area contributed by atoms with E-state index in [1.54, 1.807) is 0 Å². The largest absolute Gasteiger partial charge is 0.466 e. The standard InChI is InChI=1S/C11H19NO3/c1-2-14-10(13)9-3-5-11(6-4-9)7-12-8-15-11/h9,12H,2-8H2,1H3. The molecule has 0 bridgehead atoms. The second-order valence-corrected chi connectivity index (χ2v) is 4.42. The highest BCUT2D eigenvalue weighted by atomic mass is 16.5. The highest BCUT2D eigenvalue weighted by Crippen LogP contribution is 2.36. The first-order valence-corrected chi connectivity index (χ1v) is 5.77. The van der Waals surface area contributed by atoms with E-state index in [2.05, 4.69) is 5.32 Å². The first-order valence-electron chi connectivity index (χ1n) is 5.77. The van der Waals surface area contributed by atoms with Gasteiger partial charge in [-0.2, -0.15) is 0 Å². The summed E-state index contributed by atoms with van der Waals surface area (Å²) in [4.78, 5) is 11.5. The van der Waals surface area contributed by atoms with Gasteiger partial charge in [0, 0.05) is 6.54 Å². The van der Waals surface area contributed by atoms with Crippen molar-refractivity contribution in [2.75, 3.05) is 19.9 Å². The Bertz CT molecular complexity index is 226. The van der Waals surface area contributed by atoms with E-state index >= 15 is 0 Å². The Kier molecular flexibility index (Phi) is 3.26. The zero-order valence-electron chi connectivity index (χ0n) is 9.25. The van der Waals surface area contributed by atoms with Crippen LogP contribution in [0, 0.1) is 5.92 Å². The normalized spacial score (nSPS) is 35.7. The monoisotopic (exact) mass is 213 g/mol. The zero-order valence-corrected chi connectivity index (χ0v) is 9.25. The lowest BCUT2D eigenvalue weighted by atomic mass is 9.79. The average molecular weight is 213 g/mol. The second kappa shape index (κ2) is 4.49. The maximum Gasteiger partial charge on any atom is 0.308 e. The molecular weight excluding hydrogens is 194 g/mol. The third-order valence-electron chi connectivity index (χ3n) is 3.44. The first-order chi connectivity index (χ1) is 7.26. The molecule has 0 aromatic rings. The molecular formula is C11H19NO3. The topological polar surface area (TPSA) is 47.6 Å². The van der Waals surface area contributed by atoms with Gasteiger partial charge in [0.2, 0.25) is 0 Å². The van der Waals surface area contributed by atoms with Crippen LogP contribution in [0.4, 0.5) is 0 Å². The Labute approximate surface area is 90.3 Å². The van der Waals surface area contributed by atoms with Crippen LogP contribution in [0.5, 0.6) is 0 Å². The summed E-state index contributed by atoms with van der Waals surface area (Å²) >= 11 is 0. The third-order valence-corrected chi connectivity index (χ3v) is 3.44. The van der Waals surface area contributed by atoms with E-state index in [1.807, 2.05) is 6.92 Å². The summed E-state index contributed by atoms with van der Waals surface area (Å²) < 4.78 is 10.7. The molecule has 0 aromatic heterocycles. The number of hydrogen-bond acceptors (Lipinski definition) is 4. The van der Waals surface area contributed by atoms with E-state index in [4.69, 9.17) is 9.47 Å². The molecule has 1 aliphatic carbocycles. The number of carbonyl (C=O) groups is 1. The molecule has 2 aliphatic rings. The van der Waals surface area contributed by atoms with Crippen LogP contribution in [-0.4, -0.2) is 31.5 Å². The number of rotatable bonds is 2. The van der Waals surface area contributed by atoms with Crippen molar-refractivity contribution < 1.29 is 14.3 Å². The molecule has 2 fully saturated rings. The number of carbonyl (C=O) groups excluding carboxylic acids is 1. The molecule has 1 aliphatic heterocycles. The minimum absolute atomic E-state index is 0.0169. The SMILES string of the molecule is CCOC(=O)C1CCC2(CC1)CNCO2. The predicted octanol–water partition coefficient (Wildman–Crippen LogP) is 1.06. The van der Waals surface area contributed by atoms with Gasteiger partial charge in [-0.05, 0) is 32.6 Å². The summed E-state index contributed by atoms with van der Waals surface area (Å²) in [5.74, 6) is 0.0677. The van der Waals surface area contributed by atoms with Crippen LogP contribution in [0.25, 0.3) is 0 Å². The predicted molar refractivity (Wildman–Crippen MR) is 55.3 cm³/mol. The second-order valence-electron chi connectivity index (χ2n) is 4.42. The number of nitrogens with one attached hydrogen (secondary N) is 1. The fraction of sp³-hybridized carbons (Fsp3) is 0.909. The van der Waals surface area contributed by atoms with Gasteiger partial charge in [-0.3, -0.25) is 10.1 Å². The molecule has 15 heavy (non-hydrogen) atoms. The van der Waals surface area contributed by atoms with Crippen molar-refractivity contribution in [3.63, 3.8) is 0 Å². The maximum atomic E-state index is 11.5. The molecule has 1 saturated carbocycles. The van der Waals surface area contributed by atoms with Crippen molar-refractivity contribution in [2.24, 2.45) is 5.92 Å². The van der Waals surface area contributed by atoms with Crippen LogP contribution < -0.4 is 5.32 Å². The van der Waals surface area contributed by atoms with Crippen molar-refractivity contribution in [1.82, 2.24) is 5.32 Å². The Balaban J connectivity index is 1.83. The molecule has 1 heterocycles. The van der Waals surface area contributed by atoms with Gasteiger partial charge in [-0.15, -0.1) is 0 Å². The van der Waals surface area contributed by atoms with Gasteiger partial charge in [0.1, 0.15) is 0 Å². The summed E-state index contributed by atoms with van der Waals surface area (Å²) in [6.07, 6.45) is 3.76. The van der Waals surface area contributed by atoms with Crippen molar-refractivity contribution >= 4 is 5.97 Å². The molecule has 0 aromatic carbocycles. The third kappa shape index (κ3) is 2.32. The molecule has 1 spiro atoms. The van der Waals surface area contributed by atoms with E-state index in [0.717, 1.165) is 32.2 Å². The quantitative estimate of drug-likeness (QED) is 0.697. The van der Waals surface area contributed by atoms with Crippen LogP contribution in [0.15, 0.2) is 0 Å². The molecule has 2 rings (SSSR count). The fourth-order valence-electron chi connectivity index (χ4n) is 2.49. The highest BCUT2D eigenvalue weighted by Gasteiger charge is 2.40. The van der Waals surface area contributed by atoms with Gasteiger partial charge in [0.05, 0.1) is 24.9 Å². The molecule has 0 unspecified atom stereocenters. The van der Waals surface area contributed by atoms with Crippen molar-refractivity contribution in [3.05, 3.63) is 0 Å². The van der Waals surface area contributed by atoms with Crippen LogP contribution in [0.1, 0.15) is 32.6 Å². The highest BCUT2D eigenvalue weighted by molar-refractivity contribution is 5.72. The molecule has 4 heteroatoms. The minimum Gasteiger partial charge on any atom is -0.466 e. The zero-order chi connectivity index (χ0) is 10.7. The Hall–Kier alpha value is -0.610. The first kappa shape index (κ1) is 10.9. The van der Waals surface area contributed by atoms with Gasteiger partial charge in [-0.1, -0.05) is 0 Å². The van der Waals surface area contributed by atoms with Crippen LogP contribution in [0.3, 0.4) is 0 Å². The lowest BCUT2D eigenvalue weighted by Crippen LogP contribution is -2.39. The van der Waals surface area contributed by atoms with Crippen LogP contribution in [0.2, 0.25) is 0 Å². The van der Waals surface area contributed by atoms with Crippen LogP contribution in [-0.2, 0) is 14.3 Å². The molecule has 0 atom stereocenters. The van der Waals surface area contributed by atoms with Gasteiger partial charge in [-0.25, -0.2) is 0 Å². The van der Waals surface area contributed by atoms with E-state index in [9.17, 15) is 4.79 Å². The Morgan fingerprint density at radius 3 is 2.80 bits per heavy atom. The summed E-state index contributed by atoms with van der Waals surface area (Å²) in [5.41, 5.74) is 0.0169. The Morgan fingerprint density at radius 1 is 1.53 bits per heavy atom. The van der Waals surface area contributed by atoms with E-state index < -0.39 is 0 Å². The molecule has 86 valence electrons. The summed E-state index contributed by atoms with van der Waals surface area (Å²) in [6.45, 7) is 3.93. The molecule has 1 N–H and O–H groups in total. The summed E-state index contributed by atoms with van der Waals surface area (Å²) in [6, 6.07) is 0. The van der Waals surface area contributed by atoms with Gasteiger partial charge in [0.15, 0.2) is 0 Å². The maximum absolute atomic E-state index is 11.5. The average Bonchev–Trinajstić information content (AvgIpc) is 2.68. The summed E-state index contributed by atoms with van der Waals surface area (Å²) in [7, 11) is 0. The Morgan fingerprint density at radius 2 is 2.27 bits per heavy atom. The summed E-state index contributed by atoms with van der Waals surface area (Å²) in [5, 5.41) is 3.21. The van der Waals surface area contributed by atoms with Crippen molar-refractivity contribution in [2.45, 2.75) is 38.2 Å². The van der Waals surface area contributed by atoms with Crippen molar-refractivity contribution in [3.8, 4) is 0 Å². The van der Waals surface area contributed by atoms with E-state index in [-0.39, 0.29) is 17.5 Å². The number of esters is 1. The van der Waals surface area contributed by atoms with E-state index in [1.165, 1.54) is 0 Å². The lowest BCUT2D eigenvalue weighted by Gasteiger charge is -2.34. The van der Waals surface area contributed by atoms with Crippen molar-refractivity contribution in [1.29, 1.82) is 0 Å². The molecule has 4 nitrogen and oxygen atoms in total. The fourth-order valence-corrected chi connectivity index (χ4v) is 2.49. The van der Waals surface area contributed by atoms with Gasteiger partial charge < -0.3 is 9.47 Å². The molecule has 0 radical (unpaired) electrons. The van der Waals surface area contributed by atoms with Gasteiger partial charge >= 0.3 is 5.97 Å². The van der Waals surface area contributed by atoms with Gasteiger partial charge in [0.25, 0.3) is 0 Å².